The molecule has 2 amide bonds. The Bertz CT molecular complexity index is 829. The van der Waals surface area contributed by atoms with Crippen molar-refractivity contribution in [2.24, 2.45) is 0 Å². The van der Waals surface area contributed by atoms with Crippen molar-refractivity contribution in [2.45, 2.75) is 25.2 Å². The number of amides is 2. The zero-order valence-corrected chi connectivity index (χ0v) is 15.5. The van der Waals surface area contributed by atoms with Crippen LogP contribution in [0.2, 0.25) is 5.02 Å². The summed E-state index contributed by atoms with van der Waals surface area (Å²) in [5.74, 6) is -0.485. The number of aryl methyl sites for hydroxylation is 1. The van der Waals surface area contributed by atoms with E-state index in [0.29, 0.717) is 22.8 Å². The normalized spacial score (nSPS) is 14.4. The van der Waals surface area contributed by atoms with Gasteiger partial charge in [-0.25, -0.2) is 9.59 Å². The van der Waals surface area contributed by atoms with Crippen LogP contribution in [0.3, 0.4) is 0 Å². The molecular formula is C20H21ClN2O3. The van der Waals surface area contributed by atoms with E-state index in [9.17, 15) is 9.59 Å². The van der Waals surface area contributed by atoms with Gasteiger partial charge in [-0.3, -0.25) is 0 Å². The lowest BCUT2D eigenvalue weighted by atomic mass is 9.95. The van der Waals surface area contributed by atoms with Crippen molar-refractivity contribution in [3.8, 4) is 0 Å². The Morgan fingerprint density at radius 2 is 1.85 bits per heavy atom. The van der Waals surface area contributed by atoms with Gasteiger partial charge >= 0.3 is 12.0 Å². The lowest BCUT2D eigenvalue weighted by Gasteiger charge is -2.17. The molecule has 136 valence electrons. The second-order valence-electron chi connectivity index (χ2n) is 6.64. The van der Waals surface area contributed by atoms with Gasteiger partial charge in [0.1, 0.15) is 0 Å². The second kappa shape index (κ2) is 7.38. The van der Waals surface area contributed by atoms with E-state index in [1.165, 1.54) is 24.3 Å². The molecule has 3 rings (SSSR count). The Kier molecular flexibility index (Phi) is 5.18. The summed E-state index contributed by atoms with van der Waals surface area (Å²) in [6.07, 6.45) is 2.10. The van der Waals surface area contributed by atoms with Crippen LogP contribution in [0.5, 0.6) is 0 Å². The van der Waals surface area contributed by atoms with Gasteiger partial charge in [0.25, 0.3) is 0 Å². The van der Waals surface area contributed by atoms with Crippen LogP contribution in [0.1, 0.15) is 34.3 Å². The SMILES string of the molecule is COC(=O)c1ccc(Cl)c(NC(=O)NCC2(c3ccc(C)cc3)CC2)c1. The predicted octanol–water partition coefficient (Wildman–Crippen LogP) is 4.29. The summed E-state index contributed by atoms with van der Waals surface area (Å²) in [4.78, 5) is 23.9. The Balaban J connectivity index is 1.63. The first-order valence-electron chi connectivity index (χ1n) is 8.43. The minimum absolute atomic E-state index is 0.0166. The number of anilines is 1. The molecule has 0 atom stereocenters. The third-order valence-corrected chi connectivity index (χ3v) is 5.07. The summed E-state index contributed by atoms with van der Waals surface area (Å²) in [5.41, 5.74) is 3.17. The first-order valence-corrected chi connectivity index (χ1v) is 8.81. The summed E-state index contributed by atoms with van der Waals surface area (Å²) < 4.78 is 4.68. The fraction of sp³-hybridized carbons (Fsp3) is 0.300. The molecule has 0 saturated heterocycles. The number of carbonyl (C=O) groups excluding carboxylic acids is 2. The highest BCUT2D eigenvalue weighted by Crippen LogP contribution is 2.47. The van der Waals surface area contributed by atoms with Crippen molar-refractivity contribution in [1.29, 1.82) is 0 Å². The highest BCUT2D eigenvalue weighted by atomic mass is 35.5. The lowest BCUT2D eigenvalue weighted by molar-refractivity contribution is 0.0600. The number of rotatable bonds is 5. The second-order valence-corrected chi connectivity index (χ2v) is 7.05. The van der Waals surface area contributed by atoms with Gasteiger partial charge in [0.05, 0.1) is 23.4 Å². The van der Waals surface area contributed by atoms with Gasteiger partial charge in [-0.2, -0.15) is 0 Å². The van der Waals surface area contributed by atoms with Gasteiger partial charge in [0, 0.05) is 12.0 Å². The molecule has 0 spiro atoms. The van der Waals surface area contributed by atoms with Gasteiger partial charge in [-0.1, -0.05) is 41.4 Å². The standard InChI is InChI=1S/C20H21ClN2O3/c1-13-3-6-15(7-4-13)20(9-10-20)12-22-19(25)23-17-11-14(18(24)26-2)5-8-16(17)21/h3-8,11H,9-10,12H2,1-2H3,(H2,22,23,25). The molecule has 0 unspecified atom stereocenters. The minimum Gasteiger partial charge on any atom is -0.465 e. The molecule has 0 heterocycles. The molecular weight excluding hydrogens is 352 g/mol. The maximum atomic E-state index is 12.3. The van der Waals surface area contributed by atoms with E-state index in [2.05, 4.69) is 46.6 Å². The van der Waals surface area contributed by atoms with Crippen LogP contribution in [-0.4, -0.2) is 25.7 Å². The van der Waals surface area contributed by atoms with Crippen LogP contribution >= 0.6 is 11.6 Å². The van der Waals surface area contributed by atoms with E-state index in [1.807, 2.05) is 0 Å². The zero-order chi connectivity index (χ0) is 18.7. The summed E-state index contributed by atoms with van der Waals surface area (Å²) in [6.45, 7) is 2.61. The smallest absolute Gasteiger partial charge is 0.337 e. The molecule has 2 aromatic carbocycles. The van der Waals surface area contributed by atoms with Crippen LogP contribution in [-0.2, 0) is 10.2 Å². The van der Waals surface area contributed by atoms with Crippen molar-refractivity contribution in [3.63, 3.8) is 0 Å². The topological polar surface area (TPSA) is 67.4 Å². The number of hydrogen-bond acceptors (Lipinski definition) is 3. The van der Waals surface area contributed by atoms with Crippen molar-refractivity contribution in [3.05, 3.63) is 64.2 Å². The van der Waals surface area contributed by atoms with E-state index in [-0.39, 0.29) is 11.4 Å². The van der Waals surface area contributed by atoms with Crippen LogP contribution in [0, 0.1) is 6.92 Å². The van der Waals surface area contributed by atoms with E-state index in [1.54, 1.807) is 12.1 Å². The third-order valence-electron chi connectivity index (χ3n) is 4.74. The quantitative estimate of drug-likeness (QED) is 0.769. The maximum Gasteiger partial charge on any atom is 0.337 e. The van der Waals surface area contributed by atoms with E-state index in [0.717, 1.165) is 12.8 Å². The van der Waals surface area contributed by atoms with E-state index >= 15 is 0 Å². The van der Waals surface area contributed by atoms with Crippen LogP contribution in [0.25, 0.3) is 0 Å². The first kappa shape index (κ1) is 18.3. The Labute approximate surface area is 157 Å². The number of urea groups is 1. The summed E-state index contributed by atoms with van der Waals surface area (Å²) >= 11 is 6.11. The van der Waals surface area contributed by atoms with Gasteiger partial charge in [0.2, 0.25) is 0 Å². The number of benzene rings is 2. The molecule has 1 saturated carbocycles. The summed E-state index contributed by atoms with van der Waals surface area (Å²) in [6, 6.07) is 12.7. The number of halogens is 1. The Morgan fingerprint density at radius 1 is 1.15 bits per heavy atom. The van der Waals surface area contributed by atoms with Crippen molar-refractivity contribution < 1.29 is 14.3 Å². The van der Waals surface area contributed by atoms with Crippen LogP contribution in [0.15, 0.2) is 42.5 Å². The van der Waals surface area contributed by atoms with Gasteiger partial charge in [-0.15, -0.1) is 0 Å². The molecule has 1 fully saturated rings. The molecule has 0 bridgehead atoms. The van der Waals surface area contributed by atoms with E-state index in [4.69, 9.17) is 11.6 Å². The molecule has 1 aliphatic carbocycles. The Morgan fingerprint density at radius 3 is 2.46 bits per heavy atom. The fourth-order valence-corrected chi connectivity index (χ4v) is 3.07. The Hall–Kier alpha value is -2.53. The molecule has 1 aliphatic rings. The van der Waals surface area contributed by atoms with Crippen LogP contribution in [0.4, 0.5) is 10.5 Å². The largest absolute Gasteiger partial charge is 0.465 e. The number of carbonyl (C=O) groups is 2. The monoisotopic (exact) mass is 372 g/mol. The minimum atomic E-state index is -0.485. The number of esters is 1. The average Bonchev–Trinajstić information content (AvgIpc) is 3.43. The fourth-order valence-electron chi connectivity index (χ4n) is 2.91. The molecule has 0 radical (unpaired) electrons. The third kappa shape index (κ3) is 3.99. The average molecular weight is 373 g/mol. The molecule has 6 heteroatoms. The summed E-state index contributed by atoms with van der Waals surface area (Å²) in [7, 11) is 1.30. The number of hydrogen-bond donors (Lipinski definition) is 2. The van der Waals surface area contributed by atoms with Gasteiger partial charge in [-0.05, 0) is 43.5 Å². The molecule has 26 heavy (non-hydrogen) atoms. The van der Waals surface area contributed by atoms with Crippen molar-refractivity contribution >= 4 is 29.3 Å². The highest BCUT2D eigenvalue weighted by Gasteiger charge is 2.44. The number of ether oxygens (including phenoxy) is 1. The number of methoxy groups -OCH3 is 1. The molecule has 5 nitrogen and oxygen atoms in total. The predicted molar refractivity (Wildman–Crippen MR) is 102 cm³/mol. The number of nitrogens with one attached hydrogen (secondary N) is 2. The van der Waals surface area contributed by atoms with E-state index < -0.39 is 5.97 Å². The van der Waals surface area contributed by atoms with Crippen LogP contribution < -0.4 is 10.6 Å². The highest BCUT2D eigenvalue weighted by molar-refractivity contribution is 6.33. The van der Waals surface area contributed by atoms with Crippen molar-refractivity contribution in [1.82, 2.24) is 5.32 Å². The molecule has 0 aliphatic heterocycles. The van der Waals surface area contributed by atoms with Crippen molar-refractivity contribution in [2.75, 3.05) is 19.0 Å². The zero-order valence-electron chi connectivity index (χ0n) is 14.8. The first-order chi connectivity index (χ1) is 12.4. The molecule has 2 aromatic rings. The molecule has 2 N–H and O–H groups in total. The lowest BCUT2D eigenvalue weighted by Crippen LogP contribution is -2.35. The molecule has 0 aromatic heterocycles. The summed E-state index contributed by atoms with van der Waals surface area (Å²) in [5, 5.41) is 5.97. The van der Waals surface area contributed by atoms with Gasteiger partial charge < -0.3 is 15.4 Å². The maximum absolute atomic E-state index is 12.3. The van der Waals surface area contributed by atoms with Gasteiger partial charge in [0.15, 0.2) is 0 Å².